The van der Waals surface area contributed by atoms with Crippen molar-refractivity contribution in [2.75, 3.05) is 6.54 Å². The van der Waals surface area contributed by atoms with Crippen molar-refractivity contribution in [1.82, 2.24) is 14.7 Å². The molecule has 8 heteroatoms. The van der Waals surface area contributed by atoms with Gasteiger partial charge in [-0.1, -0.05) is 17.7 Å². The van der Waals surface area contributed by atoms with Crippen molar-refractivity contribution < 1.29 is 13.5 Å². The molecule has 130 valence electrons. The highest BCUT2D eigenvalue weighted by atomic mass is 35.5. The van der Waals surface area contributed by atoms with Crippen molar-refractivity contribution >= 4 is 32.5 Å². The number of halogens is 1. The molecule has 2 heterocycles. The highest BCUT2D eigenvalue weighted by Crippen LogP contribution is 2.35. The average Bonchev–Trinajstić information content (AvgIpc) is 2.58. The van der Waals surface area contributed by atoms with E-state index in [2.05, 4.69) is 14.7 Å². The molecule has 0 spiro atoms. The van der Waals surface area contributed by atoms with Crippen LogP contribution in [0.4, 0.5) is 0 Å². The zero-order valence-corrected chi connectivity index (χ0v) is 15.0. The van der Waals surface area contributed by atoms with Gasteiger partial charge in [-0.25, -0.2) is 18.1 Å². The summed E-state index contributed by atoms with van der Waals surface area (Å²) in [6.45, 7) is 1.90. The quantitative estimate of drug-likeness (QED) is 0.713. The topological polar surface area (TPSA) is 92.2 Å². The van der Waals surface area contributed by atoms with Crippen LogP contribution in [0.25, 0.3) is 10.9 Å². The molecule has 25 heavy (non-hydrogen) atoms. The van der Waals surface area contributed by atoms with E-state index in [1.54, 1.807) is 31.3 Å². The second kappa shape index (κ2) is 6.95. The summed E-state index contributed by atoms with van der Waals surface area (Å²) < 4.78 is 27.5. The van der Waals surface area contributed by atoms with Crippen LogP contribution in [-0.2, 0) is 16.4 Å². The fourth-order valence-corrected chi connectivity index (χ4v) is 3.93. The van der Waals surface area contributed by atoms with Gasteiger partial charge in [-0.05, 0) is 37.3 Å². The van der Waals surface area contributed by atoms with Crippen LogP contribution in [0.1, 0.15) is 11.4 Å². The molecular weight excluding hydrogens is 362 g/mol. The van der Waals surface area contributed by atoms with Crippen LogP contribution in [0.15, 0.2) is 47.5 Å². The maximum atomic E-state index is 12.5. The van der Waals surface area contributed by atoms with E-state index in [0.29, 0.717) is 17.5 Å². The third-order valence-electron chi connectivity index (χ3n) is 3.70. The smallest absolute Gasteiger partial charge is 0.244 e. The summed E-state index contributed by atoms with van der Waals surface area (Å²) in [5.74, 6) is -0.409. The number of aromatic hydroxyl groups is 1. The molecule has 3 aromatic rings. The highest BCUT2D eigenvalue weighted by molar-refractivity contribution is 7.89. The van der Waals surface area contributed by atoms with Crippen LogP contribution in [-0.4, -0.2) is 30.0 Å². The summed E-state index contributed by atoms with van der Waals surface area (Å²) in [7, 11) is -3.94. The third-order valence-corrected chi connectivity index (χ3v) is 5.48. The minimum atomic E-state index is -3.94. The zero-order chi connectivity index (χ0) is 18.0. The lowest BCUT2D eigenvalue weighted by Gasteiger charge is -2.11. The number of phenols is 1. The lowest BCUT2D eigenvalue weighted by atomic mass is 10.2. The number of benzene rings is 1. The Hall–Kier alpha value is -2.22. The molecule has 0 aliphatic heterocycles. The van der Waals surface area contributed by atoms with E-state index < -0.39 is 15.8 Å². The molecule has 0 radical (unpaired) electrons. The maximum Gasteiger partial charge on any atom is 0.244 e. The van der Waals surface area contributed by atoms with Gasteiger partial charge >= 0.3 is 0 Å². The molecule has 0 saturated carbocycles. The lowest BCUT2D eigenvalue weighted by molar-refractivity contribution is 0.463. The van der Waals surface area contributed by atoms with E-state index in [4.69, 9.17) is 11.6 Å². The van der Waals surface area contributed by atoms with Gasteiger partial charge in [0.2, 0.25) is 10.0 Å². The lowest BCUT2D eigenvalue weighted by Crippen LogP contribution is -2.26. The first kappa shape index (κ1) is 17.6. The number of phenolic OH excluding ortho intramolecular Hbond substituents is 1. The first-order chi connectivity index (χ1) is 11.9. The number of sulfonamides is 1. The summed E-state index contributed by atoms with van der Waals surface area (Å²) in [5, 5.41) is 11.1. The Morgan fingerprint density at radius 2 is 2.04 bits per heavy atom. The van der Waals surface area contributed by atoms with Gasteiger partial charge in [0.25, 0.3) is 0 Å². The Morgan fingerprint density at radius 3 is 2.76 bits per heavy atom. The first-order valence-electron chi connectivity index (χ1n) is 7.57. The summed E-state index contributed by atoms with van der Waals surface area (Å²) in [6.07, 6.45) is 2.08. The van der Waals surface area contributed by atoms with Crippen molar-refractivity contribution in [3.8, 4) is 5.75 Å². The Labute approximate surface area is 150 Å². The Balaban J connectivity index is 1.90. The van der Waals surface area contributed by atoms with E-state index in [1.165, 1.54) is 6.07 Å². The molecule has 1 aromatic carbocycles. The van der Waals surface area contributed by atoms with E-state index in [-0.39, 0.29) is 22.0 Å². The van der Waals surface area contributed by atoms with Gasteiger partial charge in [0, 0.05) is 35.9 Å². The summed E-state index contributed by atoms with van der Waals surface area (Å²) in [5.41, 5.74) is 1.58. The fourth-order valence-electron chi connectivity index (χ4n) is 2.45. The molecule has 0 atom stereocenters. The molecule has 3 rings (SSSR count). The van der Waals surface area contributed by atoms with E-state index >= 15 is 0 Å². The van der Waals surface area contributed by atoms with Gasteiger partial charge < -0.3 is 5.11 Å². The normalized spacial score (nSPS) is 11.8. The van der Waals surface area contributed by atoms with E-state index in [9.17, 15) is 13.5 Å². The van der Waals surface area contributed by atoms with Crippen molar-refractivity contribution in [3.63, 3.8) is 0 Å². The number of nitrogens with one attached hydrogen (secondary N) is 1. The Morgan fingerprint density at radius 1 is 1.24 bits per heavy atom. The van der Waals surface area contributed by atoms with Crippen molar-refractivity contribution in [2.45, 2.75) is 18.2 Å². The molecule has 0 unspecified atom stereocenters. The van der Waals surface area contributed by atoms with Gasteiger partial charge in [-0.3, -0.25) is 4.98 Å². The summed E-state index contributed by atoms with van der Waals surface area (Å²) >= 11 is 6.17. The molecule has 0 amide bonds. The van der Waals surface area contributed by atoms with Crippen LogP contribution in [0, 0.1) is 6.92 Å². The van der Waals surface area contributed by atoms with Crippen LogP contribution < -0.4 is 4.72 Å². The van der Waals surface area contributed by atoms with Crippen LogP contribution in [0.2, 0.25) is 5.02 Å². The van der Waals surface area contributed by atoms with Gasteiger partial charge in [-0.2, -0.15) is 0 Å². The number of rotatable bonds is 5. The number of pyridine rings is 2. The molecule has 0 bridgehead atoms. The number of aryl methyl sites for hydroxylation is 1. The second-order valence-electron chi connectivity index (χ2n) is 5.52. The molecule has 2 N–H and O–H groups in total. The van der Waals surface area contributed by atoms with Crippen LogP contribution in [0.3, 0.4) is 0 Å². The fraction of sp³-hybridized carbons (Fsp3) is 0.176. The minimum absolute atomic E-state index is 0.149. The molecule has 0 aliphatic carbocycles. The maximum absolute atomic E-state index is 12.5. The van der Waals surface area contributed by atoms with Crippen LogP contribution >= 0.6 is 11.6 Å². The largest absolute Gasteiger partial charge is 0.504 e. The first-order valence-corrected chi connectivity index (χ1v) is 9.43. The van der Waals surface area contributed by atoms with E-state index in [0.717, 1.165) is 5.69 Å². The predicted molar refractivity (Wildman–Crippen MR) is 96.3 cm³/mol. The number of fused-ring (bicyclic) bond motifs is 1. The van der Waals surface area contributed by atoms with Crippen molar-refractivity contribution in [2.24, 2.45) is 0 Å². The third kappa shape index (κ3) is 3.73. The molecular formula is C17H16ClN3O3S. The van der Waals surface area contributed by atoms with E-state index in [1.807, 2.05) is 12.1 Å². The number of hydrogen-bond donors (Lipinski definition) is 2. The standard InChI is InChI=1S/C17H16ClN3O3S/c1-11-5-6-13-14(18)10-15(17(22)16(13)21-11)25(23,24)20-9-7-12-4-2-3-8-19-12/h2-6,8,10,20,22H,7,9H2,1H3. The van der Waals surface area contributed by atoms with Crippen molar-refractivity contribution in [3.05, 3.63) is 59.0 Å². The number of aromatic nitrogens is 2. The molecule has 0 fully saturated rings. The zero-order valence-electron chi connectivity index (χ0n) is 13.4. The van der Waals surface area contributed by atoms with Gasteiger partial charge in [0.05, 0.1) is 5.02 Å². The Bertz CT molecular complexity index is 1020. The number of hydrogen-bond acceptors (Lipinski definition) is 5. The average molecular weight is 378 g/mol. The summed E-state index contributed by atoms with van der Waals surface area (Å²) in [4.78, 5) is 8.05. The van der Waals surface area contributed by atoms with Crippen molar-refractivity contribution in [1.29, 1.82) is 0 Å². The minimum Gasteiger partial charge on any atom is -0.504 e. The molecule has 0 saturated heterocycles. The molecule has 2 aromatic heterocycles. The van der Waals surface area contributed by atoms with Gasteiger partial charge in [0.15, 0.2) is 5.75 Å². The predicted octanol–water partition coefficient (Wildman–Crippen LogP) is 2.82. The van der Waals surface area contributed by atoms with Gasteiger partial charge in [0.1, 0.15) is 10.4 Å². The van der Waals surface area contributed by atoms with Gasteiger partial charge in [-0.15, -0.1) is 0 Å². The van der Waals surface area contributed by atoms with Crippen LogP contribution in [0.5, 0.6) is 5.75 Å². The highest BCUT2D eigenvalue weighted by Gasteiger charge is 2.22. The molecule has 0 aliphatic rings. The SMILES string of the molecule is Cc1ccc2c(Cl)cc(S(=O)(=O)NCCc3ccccn3)c(O)c2n1. The Kier molecular flexibility index (Phi) is 4.89. The monoisotopic (exact) mass is 377 g/mol. The summed E-state index contributed by atoms with van der Waals surface area (Å²) in [6, 6.07) is 10.1. The second-order valence-corrected chi connectivity index (χ2v) is 7.67. The number of nitrogens with zero attached hydrogens (tertiary/aromatic N) is 2. The molecule has 6 nitrogen and oxygen atoms in total.